The number of esters is 1. The van der Waals surface area contributed by atoms with Crippen molar-refractivity contribution in [2.75, 3.05) is 20.2 Å². The lowest BCUT2D eigenvalue weighted by Crippen LogP contribution is -2.59. The van der Waals surface area contributed by atoms with Crippen molar-refractivity contribution in [1.29, 1.82) is 0 Å². The lowest BCUT2D eigenvalue weighted by Gasteiger charge is -2.40. The van der Waals surface area contributed by atoms with E-state index < -0.39 is 6.04 Å². The first kappa shape index (κ1) is 29.3. The molecule has 2 aliphatic rings. The average molecular weight is 492 g/mol. The topological polar surface area (TPSA) is 79.0 Å². The Bertz CT molecular complexity index is 744. The number of amides is 2. The van der Waals surface area contributed by atoms with Gasteiger partial charge in [0.1, 0.15) is 6.04 Å². The molecular weight excluding hydrogens is 442 g/mol. The third-order valence-corrected chi connectivity index (χ3v) is 7.93. The first-order valence-electron chi connectivity index (χ1n) is 13.8. The van der Waals surface area contributed by atoms with Crippen LogP contribution in [-0.4, -0.2) is 72.0 Å². The van der Waals surface area contributed by atoms with Gasteiger partial charge in [-0.3, -0.25) is 14.5 Å². The second-order valence-corrected chi connectivity index (χ2v) is 10.8. The van der Waals surface area contributed by atoms with Crippen molar-refractivity contribution in [3.63, 3.8) is 0 Å². The van der Waals surface area contributed by atoms with Crippen LogP contribution in [0.3, 0.4) is 0 Å². The monoisotopic (exact) mass is 491 g/mol. The Morgan fingerprint density at radius 3 is 2.26 bits per heavy atom. The standard InChI is InChI=1S/C28H49N3O4/c1-8-21(6)31-17-13-12-16-23(31)26(32)29-25(22-14-10-11-15-22)27(33)30(7)24(19(3)4)18-20(5)28(34)35-9-2/h18-19,21-25H,8-17H2,1-7H3,(H,29,32)/b20-18+. The number of carbonyl (C=O) groups excluding carboxylic acids is 3. The Hall–Kier alpha value is -1.89. The van der Waals surface area contributed by atoms with Crippen LogP contribution in [0.15, 0.2) is 11.6 Å². The van der Waals surface area contributed by atoms with Gasteiger partial charge in [-0.15, -0.1) is 0 Å². The van der Waals surface area contributed by atoms with E-state index in [-0.39, 0.29) is 41.7 Å². The predicted molar refractivity (Wildman–Crippen MR) is 140 cm³/mol. The number of rotatable bonds is 11. The molecule has 200 valence electrons. The summed E-state index contributed by atoms with van der Waals surface area (Å²) in [4.78, 5) is 43.7. The molecule has 4 unspecified atom stereocenters. The van der Waals surface area contributed by atoms with Crippen LogP contribution < -0.4 is 5.32 Å². The van der Waals surface area contributed by atoms with Gasteiger partial charge in [-0.2, -0.15) is 0 Å². The third-order valence-electron chi connectivity index (χ3n) is 7.93. The van der Waals surface area contributed by atoms with Crippen LogP contribution in [0.25, 0.3) is 0 Å². The number of carbonyl (C=O) groups is 3. The molecule has 1 saturated heterocycles. The van der Waals surface area contributed by atoms with E-state index in [1.165, 1.54) is 0 Å². The normalized spacial score (nSPS) is 22.5. The van der Waals surface area contributed by atoms with Crippen LogP contribution in [0.5, 0.6) is 0 Å². The zero-order valence-corrected chi connectivity index (χ0v) is 23.1. The predicted octanol–water partition coefficient (Wildman–Crippen LogP) is 4.31. The largest absolute Gasteiger partial charge is 0.463 e. The zero-order chi connectivity index (χ0) is 26.1. The summed E-state index contributed by atoms with van der Waals surface area (Å²) in [7, 11) is 1.79. The van der Waals surface area contributed by atoms with Crippen LogP contribution in [0.2, 0.25) is 0 Å². The van der Waals surface area contributed by atoms with Crippen LogP contribution in [0.1, 0.15) is 92.9 Å². The highest BCUT2D eigenvalue weighted by Gasteiger charge is 2.39. The SMILES string of the molecule is CCOC(=O)/C(C)=C/C(C(C)C)N(C)C(=O)C(NC(=O)C1CCCCN1C(C)CC)C1CCCC1. The summed E-state index contributed by atoms with van der Waals surface area (Å²) in [6.45, 7) is 13.2. The summed E-state index contributed by atoms with van der Waals surface area (Å²) >= 11 is 0. The van der Waals surface area contributed by atoms with Gasteiger partial charge in [0.15, 0.2) is 0 Å². The van der Waals surface area contributed by atoms with Crippen LogP contribution in [0.4, 0.5) is 0 Å². The van der Waals surface area contributed by atoms with E-state index in [0.29, 0.717) is 18.2 Å². The third kappa shape index (κ3) is 7.80. The smallest absolute Gasteiger partial charge is 0.333 e. The van der Waals surface area contributed by atoms with Gasteiger partial charge < -0.3 is 15.0 Å². The van der Waals surface area contributed by atoms with Crippen molar-refractivity contribution in [3.8, 4) is 0 Å². The molecule has 0 aromatic heterocycles. The Kier molecular flexibility index (Phi) is 11.7. The molecule has 4 atom stereocenters. The molecule has 7 nitrogen and oxygen atoms in total. The van der Waals surface area contributed by atoms with E-state index in [1.54, 1.807) is 25.8 Å². The fraction of sp³-hybridized carbons (Fsp3) is 0.821. The second kappa shape index (κ2) is 14.0. The summed E-state index contributed by atoms with van der Waals surface area (Å²) in [5, 5.41) is 3.22. The van der Waals surface area contributed by atoms with Gasteiger partial charge in [-0.05, 0) is 71.3 Å². The zero-order valence-electron chi connectivity index (χ0n) is 23.1. The molecular formula is C28H49N3O4. The van der Waals surface area contributed by atoms with E-state index in [0.717, 1.165) is 57.9 Å². The minimum Gasteiger partial charge on any atom is -0.463 e. The highest BCUT2D eigenvalue weighted by molar-refractivity contribution is 5.91. The molecule has 1 N–H and O–H groups in total. The summed E-state index contributed by atoms with van der Waals surface area (Å²) in [6, 6.07) is -0.629. The van der Waals surface area contributed by atoms with E-state index in [9.17, 15) is 14.4 Å². The number of piperidine rings is 1. The lowest BCUT2D eigenvalue weighted by molar-refractivity contribution is -0.141. The summed E-state index contributed by atoms with van der Waals surface area (Å²) in [5.41, 5.74) is 0.498. The number of likely N-dealkylation sites (N-methyl/N-ethyl adjacent to an activating group) is 1. The van der Waals surface area contributed by atoms with Crippen LogP contribution >= 0.6 is 0 Å². The van der Waals surface area contributed by atoms with Gasteiger partial charge in [0, 0.05) is 18.7 Å². The summed E-state index contributed by atoms with van der Waals surface area (Å²) in [6.07, 6.45) is 9.91. The van der Waals surface area contributed by atoms with Crippen LogP contribution in [0, 0.1) is 11.8 Å². The molecule has 1 aliphatic heterocycles. The fourth-order valence-corrected chi connectivity index (χ4v) is 5.61. The van der Waals surface area contributed by atoms with Crippen molar-refractivity contribution in [2.45, 2.75) is 117 Å². The molecule has 2 rings (SSSR count). The molecule has 1 aliphatic carbocycles. The van der Waals surface area contributed by atoms with Crippen molar-refractivity contribution in [1.82, 2.24) is 15.1 Å². The highest BCUT2D eigenvalue weighted by atomic mass is 16.5. The summed E-state index contributed by atoms with van der Waals surface area (Å²) in [5.74, 6) is -0.183. The number of hydrogen-bond acceptors (Lipinski definition) is 5. The van der Waals surface area contributed by atoms with E-state index >= 15 is 0 Å². The van der Waals surface area contributed by atoms with E-state index in [4.69, 9.17) is 4.74 Å². The van der Waals surface area contributed by atoms with Crippen molar-refractivity contribution < 1.29 is 19.1 Å². The first-order chi connectivity index (χ1) is 16.6. The molecule has 0 aromatic rings. The maximum absolute atomic E-state index is 13.9. The van der Waals surface area contributed by atoms with Gasteiger partial charge in [0.2, 0.25) is 11.8 Å². The van der Waals surface area contributed by atoms with Gasteiger partial charge in [-0.1, -0.05) is 46.1 Å². The van der Waals surface area contributed by atoms with Gasteiger partial charge in [-0.25, -0.2) is 4.79 Å². The average Bonchev–Trinajstić information content (AvgIpc) is 3.38. The Morgan fingerprint density at radius 1 is 1.06 bits per heavy atom. The maximum Gasteiger partial charge on any atom is 0.333 e. The maximum atomic E-state index is 13.9. The molecule has 0 bridgehead atoms. The van der Waals surface area contributed by atoms with Crippen molar-refractivity contribution in [2.24, 2.45) is 11.8 Å². The molecule has 1 saturated carbocycles. The Labute approximate surface area is 213 Å². The first-order valence-corrected chi connectivity index (χ1v) is 13.8. The number of nitrogens with one attached hydrogen (secondary N) is 1. The molecule has 0 spiro atoms. The van der Waals surface area contributed by atoms with Crippen LogP contribution in [-0.2, 0) is 19.1 Å². The molecule has 2 fully saturated rings. The van der Waals surface area contributed by atoms with E-state index in [1.807, 2.05) is 19.9 Å². The summed E-state index contributed by atoms with van der Waals surface area (Å²) < 4.78 is 5.14. The second-order valence-electron chi connectivity index (χ2n) is 10.8. The number of likely N-dealkylation sites (tertiary alicyclic amines) is 1. The molecule has 1 heterocycles. The molecule has 2 amide bonds. The highest BCUT2D eigenvalue weighted by Crippen LogP contribution is 2.30. The molecule has 0 aromatic carbocycles. The fourth-order valence-electron chi connectivity index (χ4n) is 5.61. The van der Waals surface area contributed by atoms with Gasteiger partial charge >= 0.3 is 5.97 Å². The van der Waals surface area contributed by atoms with Gasteiger partial charge in [0.25, 0.3) is 0 Å². The number of ether oxygens (including phenoxy) is 1. The van der Waals surface area contributed by atoms with Gasteiger partial charge in [0.05, 0.1) is 18.7 Å². The minimum absolute atomic E-state index is 0.0111. The minimum atomic E-state index is -0.534. The molecule has 7 heteroatoms. The molecule has 0 radical (unpaired) electrons. The Balaban J connectivity index is 2.25. The number of hydrogen-bond donors (Lipinski definition) is 1. The lowest BCUT2D eigenvalue weighted by atomic mass is 9.93. The Morgan fingerprint density at radius 2 is 1.69 bits per heavy atom. The number of nitrogens with zero attached hydrogens (tertiary/aromatic N) is 2. The quantitative estimate of drug-likeness (QED) is 0.344. The molecule has 35 heavy (non-hydrogen) atoms. The van der Waals surface area contributed by atoms with Crippen molar-refractivity contribution >= 4 is 17.8 Å². The van der Waals surface area contributed by atoms with E-state index in [2.05, 4.69) is 24.1 Å². The van der Waals surface area contributed by atoms with Crippen molar-refractivity contribution in [3.05, 3.63) is 11.6 Å².